The highest BCUT2D eigenvalue weighted by Crippen LogP contribution is 2.30. The number of halogens is 4. The Morgan fingerprint density at radius 3 is 2.60 bits per heavy atom. The lowest BCUT2D eigenvalue weighted by atomic mass is 10.0. The van der Waals surface area contributed by atoms with Gasteiger partial charge in [0.25, 0.3) is 0 Å². The maximum Gasteiger partial charge on any atom is 0.416 e. The van der Waals surface area contributed by atoms with Crippen LogP contribution in [-0.2, 0) is 12.7 Å². The zero-order valence-electron chi connectivity index (χ0n) is 11.6. The number of hydrogen-bond donors (Lipinski definition) is 1. The summed E-state index contributed by atoms with van der Waals surface area (Å²) < 4.78 is 37.8. The molecule has 1 aliphatic heterocycles. The molecule has 1 atom stereocenters. The molecule has 6 heteroatoms. The number of alkyl halides is 3. The Labute approximate surface area is 123 Å². The van der Waals surface area contributed by atoms with E-state index in [1.54, 1.807) is 13.0 Å². The van der Waals surface area contributed by atoms with Gasteiger partial charge in [0.05, 0.1) is 5.56 Å². The Balaban J connectivity index is 0.00000200. The van der Waals surface area contributed by atoms with Crippen molar-refractivity contribution >= 4 is 12.4 Å². The standard InChI is InChI=1S/C14H19F3N2.ClH/c1-10-7-13(14(15,16)17)4-3-12(10)9-19-6-5-18-11(2)8-19;/h3-4,7,11,18H,5-6,8-9H2,1-2H3;1H. The van der Waals surface area contributed by atoms with Crippen molar-refractivity contribution in [1.82, 2.24) is 10.2 Å². The Kier molecular flexibility index (Phi) is 5.86. The molecule has 0 aromatic heterocycles. The summed E-state index contributed by atoms with van der Waals surface area (Å²) in [6.45, 7) is 7.38. The van der Waals surface area contributed by atoms with Gasteiger partial charge in [-0.05, 0) is 37.1 Å². The number of rotatable bonds is 2. The Morgan fingerprint density at radius 2 is 2.05 bits per heavy atom. The molecular weight excluding hydrogens is 289 g/mol. The van der Waals surface area contributed by atoms with Gasteiger partial charge in [0.1, 0.15) is 0 Å². The summed E-state index contributed by atoms with van der Waals surface area (Å²) in [6, 6.07) is 4.45. The number of aryl methyl sites for hydroxylation is 1. The van der Waals surface area contributed by atoms with Crippen LogP contribution in [0.2, 0.25) is 0 Å². The molecule has 0 spiro atoms. The normalized spacial score (nSPS) is 20.6. The topological polar surface area (TPSA) is 15.3 Å². The molecule has 0 amide bonds. The molecule has 1 aromatic carbocycles. The van der Waals surface area contributed by atoms with E-state index in [2.05, 4.69) is 17.1 Å². The minimum absolute atomic E-state index is 0. The van der Waals surface area contributed by atoms with Gasteiger partial charge in [-0.25, -0.2) is 0 Å². The monoisotopic (exact) mass is 308 g/mol. The number of nitrogens with one attached hydrogen (secondary N) is 1. The van der Waals surface area contributed by atoms with Gasteiger partial charge in [0.15, 0.2) is 0 Å². The minimum atomic E-state index is -4.26. The highest BCUT2D eigenvalue weighted by molar-refractivity contribution is 5.85. The van der Waals surface area contributed by atoms with E-state index in [0.717, 1.165) is 31.7 Å². The second-order valence-corrected chi connectivity index (χ2v) is 5.23. The summed E-state index contributed by atoms with van der Waals surface area (Å²) in [5, 5.41) is 3.35. The molecule has 114 valence electrons. The quantitative estimate of drug-likeness (QED) is 0.902. The predicted octanol–water partition coefficient (Wildman–Crippen LogP) is 3.23. The van der Waals surface area contributed by atoms with Crippen molar-refractivity contribution in [3.8, 4) is 0 Å². The van der Waals surface area contributed by atoms with Crippen LogP contribution < -0.4 is 5.32 Å². The van der Waals surface area contributed by atoms with Crippen LogP contribution >= 0.6 is 12.4 Å². The average Bonchev–Trinajstić information content (AvgIpc) is 2.30. The summed E-state index contributed by atoms with van der Waals surface area (Å²) >= 11 is 0. The van der Waals surface area contributed by atoms with Crippen molar-refractivity contribution in [2.45, 2.75) is 32.6 Å². The summed E-state index contributed by atoms with van der Waals surface area (Å²) in [7, 11) is 0. The summed E-state index contributed by atoms with van der Waals surface area (Å²) in [6.07, 6.45) is -4.26. The summed E-state index contributed by atoms with van der Waals surface area (Å²) in [5.41, 5.74) is 1.12. The second-order valence-electron chi connectivity index (χ2n) is 5.23. The van der Waals surface area contributed by atoms with E-state index in [0.29, 0.717) is 11.6 Å². The molecule has 20 heavy (non-hydrogen) atoms. The van der Waals surface area contributed by atoms with Crippen LogP contribution in [0, 0.1) is 6.92 Å². The van der Waals surface area contributed by atoms with Gasteiger partial charge in [0.2, 0.25) is 0 Å². The first-order chi connectivity index (χ1) is 8.86. The lowest BCUT2D eigenvalue weighted by Gasteiger charge is -2.32. The highest BCUT2D eigenvalue weighted by atomic mass is 35.5. The van der Waals surface area contributed by atoms with Gasteiger partial charge in [0, 0.05) is 32.2 Å². The zero-order valence-corrected chi connectivity index (χ0v) is 12.4. The van der Waals surface area contributed by atoms with Crippen LogP contribution in [0.25, 0.3) is 0 Å². The van der Waals surface area contributed by atoms with Crippen LogP contribution in [-0.4, -0.2) is 30.6 Å². The summed E-state index contributed by atoms with van der Waals surface area (Å²) in [4.78, 5) is 2.27. The molecule has 1 aromatic rings. The third kappa shape index (κ3) is 4.36. The van der Waals surface area contributed by atoms with E-state index in [1.165, 1.54) is 12.1 Å². The first-order valence-corrected chi connectivity index (χ1v) is 6.49. The van der Waals surface area contributed by atoms with Gasteiger partial charge in [-0.3, -0.25) is 4.90 Å². The maximum absolute atomic E-state index is 12.6. The molecule has 1 aliphatic rings. The second kappa shape index (κ2) is 6.78. The molecule has 0 bridgehead atoms. The van der Waals surface area contributed by atoms with Crippen molar-refractivity contribution < 1.29 is 13.2 Å². The molecule has 0 radical (unpaired) electrons. The maximum atomic E-state index is 12.6. The fourth-order valence-electron chi connectivity index (χ4n) is 2.45. The highest BCUT2D eigenvalue weighted by Gasteiger charge is 2.30. The molecule has 1 heterocycles. The molecule has 0 aliphatic carbocycles. The van der Waals surface area contributed by atoms with Gasteiger partial charge < -0.3 is 5.32 Å². The van der Waals surface area contributed by atoms with Gasteiger partial charge in [-0.15, -0.1) is 12.4 Å². The molecule has 2 nitrogen and oxygen atoms in total. The first kappa shape index (κ1) is 17.3. The smallest absolute Gasteiger partial charge is 0.312 e. The van der Waals surface area contributed by atoms with E-state index in [1.807, 2.05) is 0 Å². The molecular formula is C14H20ClF3N2. The fraction of sp³-hybridized carbons (Fsp3) is 0.571. The van der Waals surface area contributed by atoms with Crippen LogP contribution in [0.1, 0.15) is 23.6 Å². The van der Waals surface area contributed by atoms with E-state index in [9.17, 15) is 13.2 Å². The number of nitrogens with zero attached hydrogens (tertiary/aromatic N) is 1. The van der Waals surface area contributed by atoms with E-state index < -0.39 is 11.7 Å². The molecule has 0 saturated carbocycles. The SMILES string of the molecule is Cc1cc(C(F)(F)F)ccc1CN1CCNC(C)C1.Cl. The molecule has 1 N–H and O–H groups in total. The van der Waals surface area contributed by atoms with Gasteiger partial charge in [-0.2, -0.15) is 13.2 Å². The van der Waals surface area contributed by atoms with Crippen LogP contribution in [0.3, 0.4) is 0 Å². The Hall–Kier alpha value is -0.780. The number of piperazine rings is 1. The van der Waals surface area contributed by atoms with Crippen molar-refractivity contribution in [3.63, 3.8) is 0 Å². The van der Waals surface area contributed by atoms with Crippen molar-refractivity contribution in [1.29, 1.82) is 0 Å². The van der Waals surface area contributed by atoms with Crippen molar-refractivity contribution in [2.24, 2.45) is 0 Å². The lowest BCUT2D eigenvalue weighted by molar-refractivity contribution is -0.137. The first-order valence-electron chi connectivity index (χ1n) is 6.49. The molecule has 2 rings (SSSR count). The Bertz CT molecular complexity index is 449. The van der Waals surface area contributed by atoms with Crippen LogP contribution in [0.4, 0.5) is 13.2 Å². The van der Waals surface area contributed by atoms with Gasteiger partial charge >= 0.3 is 6.18 Å². The van der Waals surface area contributed by atoms with E-state index >= 15 is 0 Å². The lowest BCUT2D eigenvalue weighted by Crippen LogP contribution is -2.48. The van der Waals surface area contributed by atoms with E-state index in [-0.39, 0.29) is 12.4 Å². The summed E-state index contributed by atoms with van der Waals surface area (Å²) in [5.74, 6) is 0. The van der Waals surface area contributed by atoms with Crippen molar-refractivity contribution in [3.05, 3.63) is 34.9 Å². The minimum Gasteiger partial charge on any atom is -0.312 e. The molecule has 1 saturated heterocycles. The van der Waals surface area contributed by atoms with E-state index in [4.69, 9.17) is 0 Å². The van der Waals surface area contributed by atoms with Crippen LogP contribution in [0.15, 0.2) is 18.2 Å². The Morgan fingerprint density at radius 1 is 1.35 bits per heavy atom. The third-order valence-electron chi connectivity index (χ3n) is 3.52. The molecule has 1 unspecified atom stereocenters. The zero-order chi connectivity index (χ0) is 14.0. The number of benzene rings is 1. The van der Waals surface area contributed by atoms with Gasteiger partial charge in [-0.1, -0.05) is 6.07 Å². The molecule has 1 fully saturated rings. The predicted molar refractivity (Wildman–Crippen MR) is 76.2 cm³/mol. The average molecular weight is 309 g/mol. The third-order valence-corrected chi connectivity index (χ3v) is 3.52. The van der Waals surface area contributed by atoms with Crippen LogP contribution in [0.5, 0.6) is 0 Å². The number of hydrogen-bond acceptors (Lipinski definition) is 2. The van der Waals surface area contributed by atoms with Crippen molar-refractivity contribution in [2.75, 3.05) is 19.6 Å². The fourth-order valence-corrected chi connectivity index (χ4v) is 2.45. The largest absolute Gasteiger partial charge is 0.416 e.